The zero-order valence-corrected chi connectivity index (χ0v) is 9.47. The molecule has 92 valence electrons. The highest BCUT2D eigenvalue weighted by atomic mass is 19.1. The fourth-order valence-corrected chi connectivity index (χ4v) is 1.42. The van der Waals surface area contributed by atoms with Gasteiger partial charge in [-0.1, -0.05) is 12.1 Å². The summed E-state index contributed by atoms with van der Waals surface area (Å²) in [5, 5.41) is 2.65. The predicted molar refractivity (Wildman–Crippen MR) is 65.2 cm³/mol. The Hall–Kier alpha value is -2.43. The van der Waals surface area contributed by atoms with Crippen molar-refractivity contribution in [2.75, 3.05) is 12.2 Å². The van der Waals surface area contributed by atoms with E-state index < -0.39 is 6.86 Å². The van der Waals surface area contributed by atoms with E-state index in [0.717, 1.165) is 0 Å². The minimum Gasteiger partial charge on any atom is -0.463 e. The maximum absolute atomic E-state index is 12.0. The number of carbonyl (C=O) groups is 1. The molecule has 1 heterocycles. The zero-order valence-electron chi connectivity index (χ0n) is 9.47. The van der Waals surface area contributed by atoms with E-state index in [1.807, 2.05) is 0 Å². The summed E-state index contributed by atoms with van der Waals surface area (Å²) >= 11 is 0. The second-order valence-corrected chi connectivity index (χ2v) is 3.45. The molecule has 0 saturated carbocycles. The quantitative estimate of drug-likeness (QED) is 0.902. The average Bonchev–Trinajstić information content (AvgIpc) is 2.40. The van der Waals surface area contributed by atoms with Gasteiger partial charge in [0.05, 0.1) is 0 Å². The zero-order chi connectivity index (χ0) is 12.8. The van der Waals surface area contributed by atoms with Crippen LogP contribution in [0.5, 0.6) is 5.75 Å². The lowest BCUT2D eigenvalue weighted by Gasteiger charge is -2.06. The number of nitrogens with zero attached hydrogens (tertiary/aromatic N) is 1. The molecule has 1 amide bonds. The van der Waals surface area contributed by atoms with E-state index in [1.165, 1.54) is 6.20 Å². The van der Waals surface area contributed by atoms with Crippen LogP contribution in [0.2, 0.25) is 0 Å². The van der Waals surface area contributed by atoms with E-state index in [9.17, 15) is 9.18 Å². The number of anilines is 1. The van der Waals surface area contributed by atoms with E-state index in [-0.39, 0.29) is 5.91 Å². The van der Waals surface area contributed by atoms with Crippen molar-refractivity contribution in [2.24, 2.45) is 0 Å². The predicted octanol–water partition coefficient (Wildman–Crippen LogP) is 2.64. The summed E-state index contributed by atoms with van der Waals surface area (Å²) in [5.74, 6) is 0.0318. The molecule has 0 spiro atoms. The standard InChI is InChI=1S/C13H11FN2O2/c14-9-18-11-5-3-4-10(8-11)16-13(17)12-6-1-2-7-15-12/h1-8H,9H2,(H,16,17). The Balaban J connectivity index is 2.10. The summed E-state index contributed by atoms with van der Waals surface area (Å²) < 4.78 is 16.7. The van der Waals surface area contributed by atoms with E-state index in [1.54, 1.807) is 42.5 Å². The minimum atomic E-state index is -0.905. The van der Waals surface area contributed by atoms with E-state index in [2.05, 4.69) is 10.3 Å². The van der Waals surface area contributed by atoms with Crippen LogP contribution in [0.4, 0.5) is 10.1 Å². The average molecular weight is 246 g/mol. The third-order valence-electron chi connectivity index (χ3n) is 2.21. The van der Waals surface area contributed by atoms with Gasteiger partial charge < -0.3 is 10.1 Å². The second-order valence-electron chi connectivity index (χ2n) is 3.45. The summed E-state index contributed by atoms with van der Waals surface area (Å²) in [6.07, 6.45) is 1.54. The van der Waals surface area contributed by atoms with Gasteiger partial charge in [-0.05, 0) is 24.3 Å². The number of pyridine rings is 1. The van der Waals surface area contributed by atoms with Crippen molar-refractivity contribution in [2.45, 2.75) is 0 Å². The summed E-state index contributed by atoms with van der Waals surface area (Å²) in [7, 11) is 0. The Labute approximate surface area is 103 Å². The maximum atomic E-state index is 12.0. The van der Waals surface area contributed by atoms with Crippen LogP contribution in [0.15, 0.2) is 48.7 Å². The van der Waals surface area contributed by atoms with Gasteiger partial charge in [-0.25, -0.2) is 4.39 Å². The SMILES string of the molecule is O=C(Nc1cccc(OCF)c1)c1ccccn1. The van der Waals surface area contributed by atoms with Gasteiger partial charge in [-0.15, -0.1) is 0 Å². The molecule has 0 bridgehead atoms. The largest absolute Gasteiger partial charge is 0.463 e. The van der Waals surface area contributed by atoms with Gasteiger partial charge in [0.25, 0.3) is 5.91 Å². The Morgan fingerprint density at radius 1 is 1.28 bits per heavy atom. The van der Waals surface area contributed by atoms with Crippen molar-refractivity contribution in [1.29, 1.82) is 0 Å². The van der Waals surface area contributed by atoms with E-state index in [0.29, 0.717) is 17.1 Å². The lowest BCUT2D eigenvalue weighted by atomic mass is 10.3. The highest BCUT2D eigenvalue weighted by Gasteiger charge is 2.06. The molecular weight excluding hydrogens is 235 g/mol. The number of rotatable bonds is 4. The topological polar surface area (TPSA) is 51.2 Å². The van der Waals surface area contributed by atoms with Crippen LogP contribution in [0.3, 0.4) is 0 Å². The number of aromatic nitrogens is 1. The van der Waals surface area contributed by atoms with Crippen molar-refractivity contribution in [3.8, 4) is 5.75 Å². The van der Waals surface area contributed by atoms with Crippen molar-refractivity contribution < 1.29 is 13.9 Å². The van der Waals surface area contributed by atoms with Gasteiger partial charge in [0.2, 0.25) is 6.86 Å². The molecule has 4 nitrogen and oxygen atoms in total. The highest BCUT2D eigenvalue weighted by molar-refractivity contribution is 6.02. The molecule has 2 aromatic rings. The first-order valence-corrected chi connectivity index (χ1v) is 5.31. The number of halogens is 1. The molecule has 2 rings (SSSR count). The number of hydrogen-bond acceptors (Lipinski definition) is 3. The monoisotopic (exact) mass is 246 g/mol. The molecule has 0 aliphatic carbocycles. The second kappa shape index (κ2) is 5.77. The lowest BCUT2D eigenvalue weighted by molar-refractivity contribution is 0.102. The lowest BCUT2D eigenvalue weighted by Crippen LogP contribution is -2.13. The molecule has 0 saturated heterocycles. The summed E-state index contributed by atoms with van der Waals surface area (Å²) in [4.78, 5) is 15.7. The molecule has 5 heteroatoms. The number of carbonyl (C=O) groups excluding carboxylic acids is 1. The summed E-state index contributed by atoms with van der Waals surface area (Å²) in [5.41, 5.74) is 0.839. The van der Waals surface area contributed by atoms with Crippen LogP contribution in [0.25, 0.3) is 0 Å². The molecule has 0 radical (unpaired) electrons. The first-order valence-electron chi connectivity index (χ1n) is 5.31. The number of alkyl halides is 1. The number of amides is 1. The Bertz CT molecular complexity index is 532. The smallest absolute Gasteiger partial charge is 0.274 e. The Morgan fingerprint density at radius 3 is 2.89 bits per heavy atom. The highest BCUT2D eigenvalue weighted by Crippen LogP contribution is 2.17. The normalized spacial score (nSPS) is 9.83. The van der Waals surface area contributed by atoms with Gasteiger partial charge in [0, 0.05) is 18.0 Å². The molecule has 0 fully saturated rings. The fourth-order valence-electron chi connectivity index (χ4n) is 1.42. The maximum Gasteiger partial charge on any atom is 0.274 e. The Kier molecular flexibility index (Phi) is 3.86. The van der Waals surface area contributed by atoms with Crippen LogP contribution in [0, 0.1) is 0 Å². The first kappa shape index (κ1) is 12.0. The van der Waals surface area contributed by atoms with Crippen LogP contribution >= 0.6 is 0 Å². The molecule has 18 heavy (non-hydrogen) atoms. The van der Waals surface area contributed by atoms with Crippen LogP contribution in [-0.4, -0.2) is 17.8 Å². The van der Waals surface area contributed by atoms with Crippen molar-refractivity contribution >= 4 is 11.6 Å². The molecule has 0 atom stereocenters. The van der Waals surface area contributed by atoms with Crippen molar-refractivity contribution in [1.82, 2.24) is 4.98 Å². The first-order chi connectivity index (χ1) is 8.79. The third-order valence-corrected chi connectivity index (χ3v) is 2.21. The van der Waals surface area contributed by atoms with Gasteiger partial charge in [-0.2, -0.15) is 0 Å². The van der Waals surface area contributed by atoms with Crippen molar-refractivity contribution in [3.05, 3.63) is 54.4 Å². The third kappa shape index (κ3) is 3.04. The summed E-state index contributed by atoms with van der Waals surface area (Å²) in [6.45, 7) is -0.905. The molecular formula is C13H11FN2O2. The van der Waals surface area contributed by atoms with Gasteiger partial charge in [-0.3, -0.25) is 9.78 Å². The molecule has 1 aromatic carbocycles. The number of hydrogen-bond donors (Lipinski definition) is 1. The van der Waals surface area contributed by atoms with E-state index >= 15 is 0 Å². The van der Waals surface area contributed by atoms with Crippen molar-refractivity contribution in [3.63, 3.8) is 0 Å². The molecule has 0 aliphatic rings. The van der Waals surface area contributed by atoms with Gasteiger partial charge in [0.15, 0.2) is 0 Å². The minimum absolute atomic E-state index is 0.314. The number of nitrogens with one attached hydrogen (secondary N) is 1. The summed E-state index contributed by atoms with van der Waals surface area (Å²) in [6, 6.07) is 11.6. The van der Waals surface area contributed by atoms with Crippen LogP contribution in [-0.2, 0) is 0 Å². The molecule has 0 aliphatic heterocycles. The fraction of sp³-hybridized carbons (Fsp3) is 0.0769. The van der Waals surface area contributed by atoms with E-state index in [4.69, 9.17) is 4.74 Å². The van der Waals surface area contributed by atoms with Crippen LogP contribution < -0.4 is 10.1 Å². The number of ether oxygens (including phenoxy) is 1. The number of benzene rings is 1. The van der Waals surface area contributed by atoms with Gasteiger partial charge in [0.1, 0.15) is 11.4 Å². The van der Waals surface area contributed by atoms with Gasteiger partial charge >= 0.3 is 0 Å². The Morgan fingerprint density at radius 2 is 2.17 bits per heavy atom. The molecule has 0 unspecified atom stereocenters. The molecule has 1 aromatic heterocycles. The van der Waals surface area contributed by atoms with Crippen LogP contribution in [0.1, 0.15) is 10.5 Å². The molecule has 1 N–H and O–H groups in total.